The summed E-state index contributed by atoms with van der Waals surface area (Å²) in [6.45, 7) is 5.61. The van der Waals surface area contributed by atoms with Gasteiger partial charge in [0.1, 0.15) is 29.1 Å². The standard InChI is InChI=1S/C32H34N2O7/c1-20(2)39-32(37)30(33)26-19-24(15-13-22(26)14-16-29(35)36)38-18-17-27-21(3)40-31(34-27)25-11-7-8-12-28(25)41-23-9-5-4-6-10-23/h4-13,15,19-20,30H,14,16-18,33H2,1-3H3,(H,35,36). The molecular weight excluding hydrogens is 524 g/mol. The van der Waals surface area contributed by atoms with Crippen molar-refractivity contribution in [1.82, 2.24) is 4.98 Å². The molecule has 0 saturated carbocycles. The Balaban J connectivity index is 1.47. The zero-order valence-corrected chi connectivity index (χ0v) is 23.3. The number of aromatic nitrogens is 1. The number of oxazole rings is 1. The lowest BCUT2D eigenvalue weighted by Crippen LogP contribution is -2.27. The van der Waals surface area contributed by atoms with Gasteiger partial charge < -0.3 is 29.5 Å². The number of aliphatic carboxylic acids is 1. The molecule has 4 rings (SSSR count). The molecule has 0 spiro atoms. The summed E-state index contributed by atoms with van der Waals surface area (Å²) in [4.78, 5) is 28.3. The molecule has 1 aromatic heterocycles. The quantitative estimate of drug-likeness (QED) is 0.189. The Kier molecular flexibility index (Phi) is 9.76. The van der Waals surface area contributed by atoms with Crippen LogP contribution in [0.3, 0.4) is 0 Å². The number of rotatable bonds is 13. The van der Waals surface area contributed by atoms with Crippen molar-refractivity contribution < 1.29 is 33.3 Å². The largest absolute Gasteiger partial charge is 0.493 e. The minimum atomic E-state index is -1.07. The van der Waals surface area contributed by atoms with Crippen molar-refractivity contribution in [3.8, 4) is 28.7 Å². The molecule has 0 aliphatic carbocycles. The van der Waals surface area contributed by atoms with Crippen LogP contribution in [0.2, 0.25) is 0 Å². The van der Waals surface area contributed by atoms with Gasteiger partial charge in [0, 0.05) is 12.8 Å². The van der Waals surface area contributed by atoms with Crippen LogP contribution in [-0.2, 0) is 27.2 Å². The molecule has 4 aromatic rings. The minimum absolute atomic E-state index is 0.0908. The summed E-state index contributed by atoms with van der Waals surface area (Å²) < 4.78 is 23.3. The minimum Gasteiger partial charge on any atom is -0.493 e. The third-order valence-electron chi connectivity index (χ3n) is 6.26. The van der Waals surface area contributed by atoms with Gasteiger partial charge in [-0.2, -0.15) is 0 Å². The van der Waals surface area contributed by atoms with Gasteiger partial charge in [-0.25, -0.2) is 9.78 Å². The highest BCUT2D eigenvalue weighted by Gasteiger charge is 2.23. The van der Waals surface area contributed by atoms with Crippen LogP contribution >= 0.6 is 0 Å². The zero-order valence-electron chi connectivity index (χ0n) is 23.3. The molecule has 3 N–H and O–H groups in total. The van der Waals surface area contributed by atoms with Gasteiger partial charge >= 0.3 is 11.9 Å². The van der Waals surface area contributed by atoms with E-state index < -0.39 is 18.0 Å². The van der Waals surface area contributed by atoms with Gasteiger partial charge in [-0.15, -0.1) is 0 Å². The fourth-order valence-corrected chi connectivity index (χ4v) is 4.24. The Bertz CT molecular complexity index is 1480. The summed E-state index contributed by atoms with van der Waals surface area (Å²) in [6.07, 6.45) is 0.272. The van der Waals surface area contributed by atoms with Crippen LogP contribution in [0.25, 0.3) is 11.5 Å². The van der Waals surface area contributed by atoms with Gasteiger partial charge in [-0.05, 0) is 74.7 Å². The molecule has 0 fully saturated rings. The second-order valence-electron chi connectivity index (χ2n) is 9.75. The summed E-state index contributed by atoms with van der Waals surface area (Å²) >= 11 is 0. The number of hydrogen-bond donors (Lipinski definition) is 2. The van der Waals surface area contributed by atoms with Crippen LogP contribution in [0.4, 0.5) is 0 Å². The van der Waals surface area contributed by atoms with Crippen LogP contribution in [0.1, 0.15) is 48.9 Å². The van der Waals surface area contributed by atoms with Gasteiger partial charge in [-0.1, -0.05) is 36.4 Å². The predicted octanol–water partition coefficient (Wildman–Crippen LogP) is 6.03. The van der Waals surface area contributed by atoms with E-state index in [1.54, 1.807) is 32.0 Å². The van der Waals surface area contributed by atoms with Gasteiger partial charge in [0.15, 0.2) is 0 Å². The van der Waals surface area contributed by atoms with Gasteiger partial charge in [-0.3, -0.25) is 4.79 Å². The summed E-state index contributed by atoms with van der Waals surface area (Å²) in [5, 5.41) is 9.12. The fraction of sp³-hybridized carbons (Fsp3) is 0.281. The predicted molar refractivity (Wildman–Crippen MR) is 153 cm³/mol. The summed E-state index contributed by atoms with van der Waals surface area (Å²) in [5.41, 5.74) is 8.81. The number of ether oxygens (including phenoxy) is 3. The number of esters is 1. The van der Waals surface area contributed by atoms with Crippen molar-refractivity contribution in [1.29, 1.82) is 0 Å². The van der Waals surface area contributed by atoms with Crippen LogP contribution in [0, 0.1) is 6.92 Å². The monoisotopic (exact) mass is 558 g/mol. The normalized spacial score (nSPS) is 11.7. The van der Waals surface area contributed by atoms with Crippen molar-refractivity contribution in [2.75, 3.05) is 6.61 Å². The molecule has 0 saturated heterocycles. The first-order valence-electron chi connectivity index (χ1n) is 13.4. The van der Waals surface area contributed by atoms with Crippen LogP contribution in [0.15, 0.2) is 77.2 Å². The first-order chi connectivity index (χ1) is 19.7. The molecule has 0 aliphatic heterocycles. The van der Waals surface area contributed by atoms with E-state index in [4.69, 9.17) is 34.5 Å². The number of carbonyl (C=O) groups is 2. The van der Waals surface area contributed by atoms with Crippen molar-refractivity contribution >= 4 is 11.9 Å². The van der Waals surface area contributed by atoms with Crippen LogP contribution < -0.4 is 15.2 Å². The molecule has 41 heavy (non-hydrogen) atoms. The number of nitrogens with zero attached hydrogens (tertiary/aromatic N) is 1. The average Bonchev–Trinajstić information content (AvgIpc) is 3.32. The average molecular weight is 559 g/mol. The highest BCUT2D eigenvalue weighted by molar-refractivity contribution is 5.78. The van der Waals surface area contributed by atoms with Crippen LogP contribution in [0.5, 0.6) is 17.2 Å². The smallest absolute Gasteiger partial charge is 0.327 e. The van der Waals surface area contributed by atoms with E-state index in [0.29, 0.717) is 46.4 Å². The van der Waals surface area contributed by atoms with Crippen LogP contribution in [-0.4, -0.2) is 34.7 Å². The molecule has 1 unspecified atom stereocenters. The number of aryl methyl sites for hydroxylation is 2. The molecule has 1 atom stereocenters. The highest BCUT2D eigenvalue weighted by Crippen LogP contribution is 2.34. The lowest BCUT2D eigenvalue weighted by molar-refractivity contribution is -0.149. The van der Waals surface area contributed by atoms with E-state index >= 15 is 0 Å². The number of carbonyl (C=O) groups excluding carboxylic acids is 1. The molecule has 1 heterocycles. The van der Waals surface area contributed by atoms with E-state index in [0.717, 1.165) is 11.3 Å². The Morgan fingerprint density at radius 3 is 2.44 bits per heavy atom. The maximum Gasteiger partial charge on any atom is 0.327 e. The maximum atomic E-state index is 12.5. The molecule has 214 valence electrons. The molecule has 9 nitrogen and oxygen atoms in total. The second-order valence-corrected chi connectivity index (χ2v) is 9.75. The summed E-state index contributed by atoms with van der Waals surface area (Å²) in [6, 6.07) is 21.1. The summed E-state index contributed by atoms with van der Waals surface area (Å²) in [5.74, 6) is 1.43. The van der Waals surface area contributed by atoms with E-state index in [1.807, 2.05) is 61.5 Å². The van der Waals surface area contributed by atoms with Crippen molar-refractivity contribution in [3.63, 3.8) is 0 Å². The molecule has 0 radical (unpaired) electrons. The number of nitrogens with two attached hydrogens (primary N) is 1. The maximum absolute atomic E-state index is 12.5. The van der Waals surface area contributed by atoms with E-state index in [-0.39, 0.29) is 25.6 Å². The number of carboxylic acid groups (broad SMARTS) is 1. The SMILES string of the molecule is Cc1oc(-c2ccccc2Oc2ccccc2)nc1CCOc1ccc(CCC(=O)O)c(C(N)C(=O)OC(C)C)c1. The number of benzene rings is 3. The highest BCUT2D eigenvalue weighted by atomic mass is 16.5. The van der Waals surface area contributed by atoms with Gasteiger partial charge in [0.05, 0.1) is 24.0 Å². The number of para-hydroxylation sites is 2. The van der Waals surface area contributed by atoms with E-state index in [1.165, 1.54) is 0 Å². The van der Waals surface area contributed by atoms with E-state index in [9.17, 15) is 9.59 Å². The fourth-order valence-electron chi connectivity index (χ4n) is 4.24. The lowest BCUT2D eigenvalue weighted by Gasteiger charge is -2.18. The Hall–Kier alpha value is -4.63. The second kappa shape index (κ2) is 13.6. The Morgan fingerprint density at radius 2 is 1.71 bits per heavy atom. The number of carboxylic acids is 1. The summed E-state index contributed by atoms with van der Waals surface area (Å²) in [7, 11) is 0. The van der Waals surface area contributed by atoms with Gasteiger partial charge in [0.2, 0.25) is 5.89 Å². The Morgan fingerprint density at radius 1 is 0.976 bits per heavy atom. The molecule has 9 heteroatoms. The zero-order chi connectivity index (χ0) is 29.4. The third kappa shape index (κ3) is 7.95. The molecule has 0 bridgehead atoms. The van der Waals surface area contributed by atoms with Crippen molar-refractivity contribution in [2.45, 2.75) is 52.2 Å². The molecule has 3 aromatic carbocycles. The van der Waals surface area contributed by atoms with Crippen molar-refractivity contribution in [3.05, 3.63) is 95.4 Å². The Labute approximate surface area is 238 Å². The topological polar surface area (TPSA) is 134 Å². The van der Waals surface area contributed by atoms with Crippen molar-refractivity contribution in [2.24, 2.45) is 5.73 Å². The lowest BCUT2D eigenvalue weighted by atomic mass is 9.97. The molecule has 0 amide bonds. The molecular formula is C32H34N2O7. The van der Waals surface area contributed by atoms with E-state index in [2.05, 4.69) is 0 Å². The molecule has 0 aliphatic rings. The van der Waals surface area contributed by atoms with Gasteiger partial charge in [0.25, 0.3) is 0 Å². The number of hydrogen-bond acceptors (Lipinski definition) is 8. The first-order valence-corrected chi connectivity index (χ1v) is 13.4. The first kappa shape index (κ1) is 29.4. The third-order valence-corrected chi connectivity index (χ3v) is 6.26.